The van der Waals surface area contributed by atoms with Crippen molar-refractivity contribution in [1.29, 1.82) is 0 Å². The minimum absolute atomic E-state index is 0.0146. The van der Waals surface area contributed by atoms with Gasteiger partial charge in [-0.1, -0.05) is 25.0 Å². The van der Waals surface area contributed by atoms with E-state index in [1.807, 2.05) is 6.07 Å². The van der Waals surface area contributed by atoms with Gasteiger partial charge in [-0.05, 0) is 41.9 Å². The topological polar surface area (TPSA) is 78.3 Å². The Balaban J connectivity index is 1.75. The lowest BCUT2D eigenvalue weighted by atomic mass is 9.75. The van der Waals surface area contributed by atoms with Gasteiger partial charge in [-0.3, -0.25) is 4.79 Å². The van der Waals surface area contributed by atoms with Crippen LogP contribution in [-0.4, -0.2) is 12.5 Å². The van der Waals surface area contributed by atoms with E-state index < -0.39 is 0 Å². The third-order valence-corrected chi connectivity index (χ3v) is 5.01. The summed E-state index contributed by atoms with van der Waals surface area (Å²) < 4.78 is 5.54. The predicted octanol–water partition coefficient (Wildman–Crippen LogP) is 2.45. The summed E-state index contributed by atoms with van der Waals surface area (Å²) in [7, 11) is 0. The van der Waals surface area contributed by atoms with Gasteiger partial charge in [0, 0.05) is 18.9 Å². The van der Waals surface area contributed by atoms with Crippen LogP contribution in [0.3, 0.4) is 0 Å². The molecule has 1 heterocycles. The van der Waals surface area contributed by atoms with E-state index in [0.29, 0.717) is 6.42 Å². The SMILES string of the molecule is NC(=O)CC1(CC(N)c2ccc3c(c2)CCO3)CCCC1. The van der Waals surface area contributed by atoms with Crippen LogP contribution in [0.4, 0.5) is 0 Å². The standard InChI is InChI=1S/C17H24N2O2/c18-14(10-17(11-16(19)20)6-1-2-7-17)12-3-4-15-13(9-12)5-8-21-15/h3-4,9,14H,1-2,5-8,10-11,18H2,(H2,19,20). The fourth-order valence-corrected chi connectivity index (χ4v) is 3.97. The molecule has 0 radical (unpaired) electrons. The molecule has 1 aliphatic heterocycles. The molecule has 114 valence electrons. The molecule has 0 spiro atoms. The number of benzene rings is 1. The lowest BCUT2D eigenvalue weighted by molar-refractivity contribution is -0.120. The maximum absolute atomic E-state index is 11.4. The normalized spacial score (nSPS) is 20.8. The first-order valence-electron chi connectivity index (χ1n) is 7.88. The minimum atomic E-state index is -0.202. The molecule has 1 aliphatic carbocycles. The molecule has 4 heteroatoms. The van der Waals surface area contributed by atoms with Crippen molar-refractivity contribution in [1.82, 2.24) is 0 Å². The molecular weight excluding hydrogens is 264 g/mol. The fourth-order valence-electron chi connectivity index (χ4n) is 3.97. The molecule has 3 rings (SSSR count). The van der Waals surface area contributed by atoms with Gasteiger partial charge in [0.1, 0.15) is 5.75 Å². The van der Waals surface area contributed by atoms with E-state index in [-0.39, 0.29) is 17.4 Å². The maximum atomic E-state index is 11.4. The van der Waals surface area contributed by atoms with Crippen LogP contribution < -0.4 is 16.2 Å². The van der Waals surface area contributed by atoms with Gasteiger partial charge >= 0.3 is 0 Å². The zero-order valence-corrected chi connectivity index (χ0v) is 12.4. The lowest BCUT2D eigenvalue weighted by Gasteiger charge is -2.31. The maximum Gasteiger partial charge on any atom is 0.217 e. The highest BCUT2D eigenvalue weighted by Crippen LogP contribution is 2.46. The number of carbonyl (C=O) groups excluding carboxylic acids is 1. The highest BCUT2D eigenvalue weighted by atomic mass is 16.5. The van der Waals surface area contributed by atoms with Crippen molar-refractivity contribution in [2.24, 2.45) is 16.9 Å². The van der Waals surface area contributed by atoms with Crippen LogP contribution in [0.15, 0.2) is 18.2 Å². The third kappa shape index (κ3) is 3.05. The number of amides is 1. The van der Waals surface area contributed by atoms with Gasteiger partial charge in [-0.2, -0.15) is 0 Å². The smallest absolute Gasteiger partial charge is 0.217 e. The Hall–Kier alpha value is -1.55. The van der Waals surface area contributed by atoms with Gasteiger partial charge < -0.3 is 16.2 Å². The predicted molar refractivity (Wildman–Crippen MR) is 81.9 cm³/mol. The molecule has 1 unspecified atom stereocenters. The summed E-state index contributed by atoms with van der Waals surface area (Å²) in [4.78, 5) is 11.4. The molecule has 1 saturated carbocycles. The summed E-state index contributed by atoms with van der Waals surface area (Å²) in [5.41, 5.74) is 14.3. The van der Waals surface area contributed by atoms with Gasteiger partial charge in [0.05, 0.1) is 6.61 Å². The molecular formula is C17H24N2O2. The first-order valence-corrected chi connectivity index (χ1v) is 7.88. The van der Waals surface area contributed by atoms with E-state index in [1.54, 1.807) is 0 Å². The number of hydrogen-bond acceptors (Lipinski definition) is 3. The van der Waals surface area contributed by atoms with Gasteiger partial charge in [-0.15, -0.1) is 0 Å². The second-order valence-corrected chi connectivity index (χ2v) is 6.63. The Labute approximate surface area is 125 Å². The molecule has 1 atom stereocenters. The van der Waals surface area contributed by atoms with E-state index in [2.05, 4.69) is 12.1 Å². The second kappa shape index (κ2) is 5.68. The molecule has 4 N–H and O–H groups in total. The number of fused-ring (bicyclic) bond motifs is 1. The Morgan fingerprint density at radius 3 is 2.81 bits per heavy atom. The van der Waals surface area contributed by atoms with E-state index in [9.17, 15) is 4.79 Å². The number of ether oxygens (including phenoxy) is 1. The fraction of sp³-hybridized carbons (Fsp3) is 0.588. The number of nitrogens with two attached hydrogens (primary N) is 2. The highest BCUT2D eigenvalue weighted by Gasteiger charge is 2.37. The molecule has 1 fully saturated rings. The van der Waals surface area contributed by atoms with E-state index >= 15 is 0 Å². The van der Waals surface area contributed by atoms with Crippen molar-refractivity contribution >= 4 is 5.91 Å². The van der Waals surface area contributed by atoms with Gasteiger partial charge in [0.25, 0.3) is 0 Å². The van der Waals surface area contributed by atoms with E-state index in [1.165, 1.54) is 18.4 Å². The summed E-state index contributed by atoms with van der Waals surface area (Å²) in [6.45, 7) is 0.764. The number of carbonyl (C=O) groups is 1. The van der Waals surface area contributed by atoms with Gasteiger partial charge in [0.15, 0.2) is 0 Å². The largest absolute Gasteiger partial charge is 0.493 e. The van der Waals surface area contributed by atoms with Crippen LogP contribution in [0.2, 0.25) is 0 Å². The highest BCUT2D eigenvalue weighted by molar-refractivity contribution is 5.74. The van der Waals surface area contributed by atoms with Crippen LogP contribution in [0.1, 0.15) is 55.7 Å². The van der Waals surface area contributed by atoms with Crippen molar-refractivity contribution in [2.45, 2.75) is 51.0 Å². The van der Waals surface area contributed by atoms with Crippen molar-refractivity contribution < 1.29 is 9.53 Å². The first-order chi connectivity index (χ1) is 10.1. The Morgan fingerprint density at radius 1 is 1.33 bits per heavy atom. The molecule has 4 nitrogen and oxygen atoms in total. The van der Waals surface area contributed by atoms with Gasteiger partial charge in [-0.25, -0.2) is 0 Å². The average Bonchev–Trinajstić information content (AvgIpc) is 3.06. The molecule has 0 saturated heterocycles. The summed E-state index contributed by atoms with van der Waals surface area (Å²) in [5, 5.41) is 0. The molecule has 1 aromatic rings. The van der Waals surface area contributed by atoms with Crippen molar-refractivity contribution in [3.63, 3.8) is 0 Å². The molecule has 2 aliphatic rings. The third-order valence-electron chi connectivity index (χ3n) is 5.01. The van der Waals surface area contributed by atoms with Crippen LogP contribution in [0.5, 0.6) is 5.75 Å². The Bertz CT molecular complexity index is 536. The number of rotatable bonds is 5. The van der Waals surface area contributed by atoms with Crippen LogP contribution in [0, 0.1) is 5.41 Å². The minimum Gasteiger partial charge on any atom is -0.493 e. The zero-order valence-electron chi connectivity index (χ0n) is 12.4. The second-order valence-electron chi connectivity index (χ2n) is 6.63. The van der Waals surface area contributed by atoms with Crippen LogP contribution >= 0.6 is 0 Å². The Kier molecular flexibility index (Phi) is 3.89. The number of hydrogen-bond donors (Lipinski definition) is 2. The van der Waals surface area contributed by atoms with Gasteiger partial charge in [0.2, 0.25) is 5.91 Å². The summed E-state index contributed by atoms with van der Waals surface area (Å²) >= 11 is 0. The quantitative estimate of drug-likeness (QED) is 0.873. The molecule has 0 aromatic heterocycles. The van der Waals surface area contributed by atoms with Crippen LogP contribution in [0.25, 0.3) is 0 Å². The monoisotopic (exact) mass is 288 g/mol. The lowest BCUT2D eigenvalue weighted by Crippen LogP contribution is -2.29. The zero-order chi connectivity index (χ0) is 14.9. The molecule has 21 heavy (non-hydrogen) atoms. The summed E-state index contributed by atoms with van der Waals surface area (Å²) in [5.74, 6) is 0.783. The van der Waals surface area contributed by atoms with E-state index in [4.69, 9.17) is 16.2 Å². The average molecular weight is 288 g/mol. The molecule has 0 bridgehead atoms. The van der Waals surface area contributed by atoms with E-state index in [0.717, 1.165) is 43.6 Å². The number of primary amides is 1. The molecule has 1 aromatic carbocycles. The Morgan fingerprint density at radius 2 is 2.10 bits per heavy atom. The van der Waals surface area contributed by atoms with Crippen molar-refractivity contribution in [2.75, 3.05) is 6.61 Å². The first kappa shape index (κ1) is 14.4. The summed E-state index contributed by atoms with van der Waals surface area (Å²) in [6, 6.07) is 6.21. The van der Waals surface area contributed by atoms with Crippen LogP contribution in [-0.2, 0) is 11.2 Å². The summed E-state index contributed by atoms with van der Waals surface area (Å²) in [6.07, 6.45) is 6.76. The van der Waals surface area contributed by atoms with Crippen molar-refractivity contribution in [3.05, 3.63) is 29.3 Å². The molecule has 1 amide bonds. The van der Waals surface area contributed by atoms with Crippen molar-refractivity contribution in [3.8, 4) is 5.75 Å².